The molecular formula is C27H25ClN4O3. The lowest BCUT2D eigenvalue weighted by molar-refractivity contribution is -0.136. The molecule has 0 saturated carbocycles. The SMILES string of the molecule is Cc1cccc(NC(=O)c2cc3cc(Cl)ccc3n2NC(=O)C(=O)NCCc2ccccc2)c1C. The number of carbonyl (C=O) groups is 3. The van der Waals surface area contributed by atoms with E-state index in [1.807, 2.05) is 62.4 Å². The summed E-state index contributed by atoms with van der Waals surface area (Å²) in [5, 5.41) is 6.64. The first kappa shape index (κ1) is 24.0. The molecule has 0 atom stereocenters. The highest BCUT2D eigenvalue weighted by Crippen LogP contribution is 2.24. The topological polar surface area (TPSA) is 92.2 Å². The van der Waals surface area contributed by atoms with Gasteiger partial charge in [0.1, 0.15) is 5.69 Å². The van der Waals surface area contributed by atoms with Gasteiger partial charge in [-0.05, 0) is 67.3 Å². The van der Waals surface area contributed by atoms with E-state index in [4.69, 9.17) is 11.6 Å². The predicted molar refractivity (Wildman–Crippen MR) is 138 cm³/mol. The lowest BCUT2D eigenvalue weighted by atomic mass is 10.1. The van der Waals surface area contributed by atoms with Crippen LogP contribution in [0, 0.1) is 13.8 Å². The molecule has 4 rings (SSSR count). The number of nitrogens with zero attached hydrogens (tertiary/aromatic N) is 1. The smallest absolute Gasteiger partial charge is 0.328 e. The number of aromatic nitrogens is 1. The monoisotopic (exact) mass is 488 g/mol. The summed E-state index contributed by atoms with van der Waals surface area (Å²) in [6.07, 6.45) is 0.592. The quantitative estimate of drug-likeness (QED) is 0.346. The maximum Gasteiger partial charge on any atom is 0.328 e. The van der Waals surface area contributed by atoms with E-state index < -0.39 is 17.7 Å². The van der Waals surface area contributed by atoms with Gasteiger partial charge in [-0.1, -0.05) is 54.1 Å². The Balaban J connectivity index is 1.54. The Hall–Kier alpha value is -4.10. The van der Waals surface area contributed by atoms with Crippen molar-refractivity contribution in [1.82, 2.24) is 9.99 Å². The molecule has 0 aliphatic heterocycles. The number of nitrogens with one attached hydrogen (secondary N) is 3. The molecule has 4 aromatic rings. The van der Waals surface area contributed by atoms with Crippen molar-refractivity contribution in [3.05, 3.63) is 100 Å². The van der Waals surface area contributed by atoms with Crippen LogP contribution in [0.5, 0.6) is 0 Å². The Kier molecular flexibility index (Phi) is 7.17. The number of hydrogen-bond donors (Lipinski definition) is 3. The van der Waals surface area contributed by atoms with E-state index in [1.165, 1.54) is 4.68 Å². The zero-order chi connectivity index (χ0) is 24.9. The molecule has 0 saturated heterocycles. The molecule has 3 N–H and O–H groups in total. The molecule has 0 spiro atoms. The van der Waals surface area contributed by atoms with Crippen LogP contribution in [0.3, 0.4) is 0 Å². The summed E-state index contributed by atoms with van der Waals surface area (Å²) in [6, 6.07) is 21.9. The predicted octanol–water partition coefficient (Wildman–Crippen LogP) is 4.59. The lowest BCUT2D eigenvalue weighted by Gasteiger charge is -2.14. The maximum absolute atomic E-state index is 13.2. The number of hydrogen-bond acceptors (Lipinski definition) is 3. The number of aryl methyl sites for hydroxylation is 1. The fourth-order valence-corrected chi connectivity index (χ4v) is 3.92. The summed E-state index contributed by atoms with van der Waals surface area (Å²) >= 11 is 6.13. The Labute approximate surface area is 208 Å². The van der Waals surface area contributed by atoms with Gasteiger partial charge in [0.15, 0.2) is 0 Å². The van der Waals surface area contributed by atoms with E-state index in [0.29, 0.717) is 34.6 Å². The van der Waals surface area contributed by atoms with Crippen molar-refractivity contribution in [1.29, 1.82) is 0 Å². The average molecular weight is 489 g/mol. The summed E-state index contributed by atoms with van der Waals surface area (Å²) < 4.78 is 1.31. The summed E-state index contributed by atoms with van der Waals surface area (Å²) in [5.74, 6) is -2.11. The normalized spacial score (nSPS) is 10.7. The van der Waals surface area contributed by atoms with E-state index in [0.717, 1.165) is 16.7 Å². The lowest BCUT2D eigenvalue weighted by Crippen LogP contribution is -2.40. The van der Waals surface area contributed by atoms with E-state index in [2.05, 4.69) is 16.1 Å². The molecule has 8 heteroatoms. The highest BCUT2D eigenvalue weighted by molar-refractivity contribution is 6.38. The van der Waals surface area contributed by atoms with E-state index in [1.54, 1.807) is 24.3 Å². The molecule has 0 unspecified atom stereocenters. The van der Waals surface area contributed by atoms with Gasteiger partial charge in [-0.25, -0.2) is 4.68 Å². The second-order valence-corrected chi connectivity index (χ2v) is 8.64. The first-order chi connectivity index (χ1) is 16.8. The molecule has 1 heterocycles. The van der Waals surface area contributed by atoms with Gasteiger partial charge in [0.2, 0.25) is 0 Å². The van der Waals surface area contributed by atoms with Crippen LogP contribution in [0.15, 0.2) is 72.8 Å². The number of halogens is 1. The molecule has 7 nitrogen and oxygen atoms in total. The van der Waals surface area contributed by atoms with Crippen LogP contribution in [-0.4, -0.2) is 28.9 Å². The summed E-state index contributed by atoms with van der Waals surface area (Å²) in [6.45, 7) is 4.18. The van der Waals surface area contributed by atoms with Gasteiger partial charge in [0, 0.05) is 22.6 Å². The van der Waals surface area contributed by atoms with Crippen molar-refractivity contribution in [2.75, 3.05) is 17.3 Å². The Morgan fingerprint density at radius 2 is 1.66 bits per heavy atom. The Bertz CT molecular complexity index is 1410. The molecule has 0 aliphatic carbocycles. The van der Waals surface area contributed by atoms with Crippen LogP contribution in [-0.2, 0) is 16.0 Å². The van der Waals surface area contributed by atoms with Gasteiger partial charge >= 0.3 is 11.8 Å². The van der Waals surface area contributed by atoms with Crippen LogP contribution in [0.2, 0.25) is 5.02 Å². The van der Waals surface area contributed by atoms with Gasteiger partial charge in [-0.3, -0.25) is 19.8 Å². The second kappa shape index (κ2) is 10.4. The van der Waals surface area contributed by atoms with Gasteiger partial charge < -0.3 is 10.6 Å². The van der Waals surface area contributed by atoms with Crippen LogP contribution in [0.4, 0.5) is 5.69 Å². The summed E-state index contributed by atoms with van der Waals surface area (Å²) in [4.78, 5) is 38.4. The minimum Gasteiger partial charge on any atom is -0.347 e. The Morgan fingerprint density at radius 1 is 0.886 bits per heavy atom. The molecule has 35 heavy (non-hydrogen) atoms. The first-order valence-electron chi connectivity index (χ1n) is 11.1. The molecule has 3 aromatic carbocycles. The van der Waals surface area contributed by atoms with Gasteiger partial charge in [0.05, 0.1) is 5.52 Å². The third-order valence-electron chi connectivity index (χ3n) is 5.81. The van der Waals surface area contributed by atoms with Crippen molar-refractivity contribution in [3.63, 3.8) is 0 Å². The minimum absolute atomic E-state index is 0.161. The maximum atomic E-state index is 13.2. The second-order valence-electron chi connectivity index (χ2n) is 8.20. The van der Waals surface area contributed by atoms with E-state index in [-0.39, 0.29) is 5.69 Å². The summed E-state index contributed by atoms with van der Waals surface area (Å²) in [7, 11) is 0. The largest absolute Gasteiger partial charge is 0.347 e. The number of anilines is 1. The molecule has 3 amide bonds. The molecule has 0 aliphatic rings. The minimum atomic E-state index is -0.883. The molecule has 1 aromatic heterocycles. The standard InChI is InChI=1S/C27H25ClN4O3/c1-17-7-6-10-22(18(17)2)30-25(33)24-16-20-15-21(28)11-12-23(20)32(24)31-27(35)26(34)29-14-13-19-8-4-3-5-9-19/h3-12,15-16H,13-14H2,1-2H3,(H,29,34)(H,30,33)(H,31,35). The average Bonchev–Trinajstić information content (AvgIpc) is 3.19. The van der Waals surface area contributed by atoms with Crippen LogP contribution in [0.1, 0.15) is 27.2 Å². The van der Waals surface area contributed by atoms with Crippen molar-refractivity contribution < 1.29 is 14.4 Å². The molecule has 0 radical (unpaired) electrons. The fraction of sp³-hybridized carbons (Fsp3) is 0.148. The van der Waals surface area contributed by atoms with E-state index >= 15 is 0 Å². The van der Waals surface area contributed by atoms with Gasteiger partial charge in [-0.15, -0.1) is 0 Å². The molecular weight excluding hydrogens is 464 g/mol. The van der Waals surface area contributed by atoms with Crippen molar-refractivity contribution >= 4 is 45.9 Å². The van der Waals surface area contributed by atoms with E-state index in [9.17, 15) is 14.4 Å². The first-order valence-corrected chi connectivity index (χ1v) is 11.5. The molecule has 0 fully saturated rings. The molecule has 0 bridgehead atoms. The third-order valence-corrected chi connectivity index (χ3v) is 6.05. The Morgan fingerprint density at radius 3 is 2.43 bits per heavy atom. The molecule has 178 valence electrons. The number of rotatable bonds is 6. The third kappa shape index (κ3) is 5.53. The van der Waals surface area contributed by atoms with Crippen LogP contribution in [0.25, 0.3) is 10.9 Å². The van der Waals surface area contributed by atoms with Crippen molar-refractivity contribution in [2.45, 2.75) is 20.3 Å². The fourth-order valence-electron chi connectivity index (χ4n) is 3.74. The van der Waals surface area contributed by atoms with Crippen molar-refractivity contribution in [3.8, 4) is 0 Å². The number of benzene rings is 3. The van der Waals surface area contributed by atoms with Crippen LogP contribution < -0.4 is 16.1 Å². The van der Waals surface area contributed by atoms with Crippen molar-refractivity contribution in [2.24, 2.45) is 0 Å². The zero-order valence-electron chi connectivity index (χ0n) is 19.4. The number of amides is 3. The number of carbonyl (C=O) groups excluding carboxylic acids is 3. The van der Waals surface area contributed by atoms with Gasteiger partial charge in [0.25, 0.3) is 5.91 Å². The van der Waals surface area contributed by atoms with Crippen LogP contribution >= 0.6 is 11.6 Å². The van der Waals surface area contributed by atoms with Gasteiger partial charge in [-0.2, -0.15) is 0 Å². The highest BCUT2D eigenvalue weighted by atomic mass is 35.5. The highest BCUT2D eigenvalue weighted by Gasteiger charge is 2.21. The zero-order valence-corrected chi connectivity index (χ0v) is 20.1. The number of fused-ring (bicyclic) bond motifs is 1. The summed E-state index contributed by atoms with van der Waals surface area (Å²) in [5.41, 5.74) is 6.94.